The number of nitrogen functional groups attached to an aromatic ring is 1. The summed E-state index contributed by atoms with van der Waals surface area (Å²) in [5.74, 6) is -0.265. The summed E-state index contributed by atoms with van der Waals surface area (Å²) in [5, 5.41) is 8.33. The highest BCUT2D eigenvalue weighted by Gasteiger charge is 1.91. The summed E-state index contributed by atoms with van der Waals surface area (Å²) in [6.07, 6.45) is 2.76. The molecule has 0 aliphatic heterocycles. The summed E-state index contributed by atoms with van der Waals surface area (Å²) in [5.41, 5.74) is 6.25. The van der Waals surface area contributed by atoms with Crippen molar-refractivity contribution in [2.75, 3.05) is 11.5 Å². The zero-order chi connectivity index (χ0) is 10.4. The monoisotopic (exact) mass is 209 g/mol. The van der Waals surface area contributed by atoms with Gasteiger partial charge in [0, 0.05) is 22.4 Å². The third kappa shape index (κ3) is 4.00. The molecule has 0 spiro atoms. The summed E-state index contributed by atoms with van der Waals surface area (Å²) >= 11 is 1.57. The summed E-state index contributed by atoms with van der Waals surface area (Å²) in [6, 6.07) is 7.47. The SMILES string of the molecule is Nc1ccc(SCC=CC(=O)O)cc1. The number of carboxylic acid groups (broad SMARTS) is 1. The number of rotatable bonds is 4. The van der Waals surface area contributed by atoms with Gasteiger partial charge in [-0.25, -0.2) is 4.79 Å². The molecule has 0 aliphatic carbocycles. The van der Waals surface area contributed by atoms with Gasteiger partial charge in [0.15, 0.2) is 0 Å². The normalized spacial score (nSPS) is 10.6. The number of anilines is 1. The van der Waals surface area contributed by atoms with Gasteiger partial charge in [-0.05, 0) is 24.3 Å². The Bertz CT molecular complexity index is 332. The molecular formula is C10H11NO2S. The van der Waals surface area contributed by atoms with Crippen LogP contribution in [0.1, 0.15) is 0 Å². The van der Waals surface area contributed by atoms with Gasteiger partial charge in [-0.3, -0.25) is 0 Å². The predicted octanol–water partition coefficient (Wildman–Crippen LogP) is 2.00. The highest BCUT2D eigenvalue weighted by atomic mass is 32.2. The Morgan fingerprint density at radius 1 is 1.43 bits per heavy atom. The topological polar surface area (TPSA) is 63.3 Å². The Morgan fingerprint density at radius 3 is 2.64 bits per heavy atom. The fourth-order valence-corrected chi connectivity index (χ4v) is 1.57. The number of nitrogens with two attached hydrogens (primary N) is 1. The molecule has 3 N–H and O–H groups in total. The number of thioether (sulfide) groups is 1. The van der Waals surface area contributed by atoms with Crippen molar-refractivity contribution in [1.82, 2.24) is 0 Å². The maximum absolute atomic E-state index is 10.1. The lowest BCUT2D eigenvalue weighted by Gasteiger charge is -1.97. The van der Waals surface area contributed by atoms with E-state index in [2.05, 4.69) is 0 Å². The van der Waals surface area contributed by atoms with Crippen molar-refractivity contribution >= 4 is 23.4 Å². The second kappa shape index (κ2) is 5.34. The molecule has 0 aliphatic rings. The van der Waals surface area contributed by atoms with Gasteiger partial charge in [0.05, 0.1) is 0 Å². The van der Waals surface area contributed by atoms with Crippen LogP contribution in [0.3, 0.4) is 0 Å². The second-order valence-electron chi connectivity index (χ2n) is 2.62. The minimum absolute atomic E-state index is 0.649. The third-order valence-corrected chi connectivity index (χ3v) is 2.45. The Morgan fingerprint density at radius 2 is 2.07 bits per heavy atom. The lowest BCUT2D eigenvalue weighted by molar-refractivity contribution is -0.131. The highest BCUT2D eigenvalue weighted by molar-refractivity contribution is 7.99. The standard InChI is InChI=1S/C10H11NO2S/c11-8-3-5-9(6-4-8)14-7-1-2-10(12)13/h1-6H,7,11H2,(H,12,13). The zero-order valence-electron chi connectivity index (χ0n) is 7.51. The van der Waals surface area contributed by atoms with E-state index < -0.39 is 5.97 Å². The molecule has 0 heterocycles. The molecule has 4 heteroatoms. The maximum Gasteiger partial charge on any atom is 0.328 e. The van der Waals surface area contributed by atoms with Gasteiger partial charge in [0.25, 0.3) is 0 Å². The molecule has 0 aromatic heterocycles. The van der Waals surface area contributed by atoms with Crippen molar-refractivity contribution < 1.29 is 9.90 Å². The lowest BCUT2D eigenvalue weighted by atomic mass is 10.3. The zero-order valence-corrected chi connectivity index (χ0v) is 8.33. The van der Waals surface area contributed by atoms with Crippen LogP contribution in [0, 0.1) is 0 Å². The van der Waals surface area contributed by atoms with Crippen LogP contribution in [0.4, 0.5) is 5.69 Å². The average molecular weight is 209 g/mol. The van der Waals surface area contributed by atoms with E-state index in [9.17, 15) is 4.79 Å². The van der Waals surface area contributed by atoms with E-state index in [-0.39, 0.29) is 0 Å². The van der Waals surface area contributed by atoms with Gasteiger partial charge in [0.1, 0.15) is 0 Å². The number of hydrogen-bond acceptors (Lipinski definition) is 3. The summed E-state index contributed by atoms with van der Waals surface area (Å²) in [6.45, 7) is 0. The smallest absolute Gasteiger partial charge is 0.328 e. The number of carbonyl (C=O) groups is 1. The van der Waals surface area contributed by atoms with Gasteiger partial charge in [0.2, 0.25) is 0 Å². The van der Waals surface area contributed by atoms with E-state index in [4.69, 9.17) is 10.8 Å². The van der Waals surface area contributed by atoms with Crippen molar-refractivity contribution in [2.24, 2.45) is 0 Å². The predicted molar refractivity (Wildman–Crippen MR) is 58.4 cm³/mol. The first-order valence-electron chi connectivity index (χ1n) is 4.06. The third-order valence-electron chi connectivity index (χ3n) is 1.49. The first-order valence-corrected chi connectivity index (χ1v) is 5.05. The molecule has 1 aromatic rings. The molecule has 0 bridgehead atoms. The van der Waals surface area contributed by atoms with Gasteiger partial charge in [-0.2, -0.15) is 0 Å². The van der Waals surface area contributed by atoms with Crippen LogP contribution in [0.25, 0.3) is 0 Å². The molecule has 0 radical (unpaired) electrons. The summed E-state index contributed by atoms with van der Waals surface area (Å²) in [4.78, 5) is 11.2. The quantitative estimate of drug-likeness (QED) is 0.452. The minimum Gasteiger partial charge on any atom is -0.478 e. The molecule has 0 amide bonds. The molecule has 74 valence electrons. The molecule has 1 rings (SSSR count). The molecule has 0 atom stereocenters. The van der Waals surface area contributed by atoms with E-state index >= 15 is 0 Å². The Balaban J connectivity index is 2.39. The Kier molecular flexibility index (Phi) is 4.07. The molecule has 0 unspecified atom stereocenters. The van der Waals surface area contributed by atoms with Crippen molar-refractivity contribution in [3.8, 4) is 0 Å². The molecule has 1 aromatic carbocycles. The van der Waals surface area contributed by atoms with E-state index in [0.717, 1.165) is 16.7 Å². The van der Waals surface area contributed by atoms with Crippen molar-refractivity contribution in [3.05, 3.63) is 36.4 Å². The molecule has 0 saturated carbocycles. The van der Waals surface area contributed by atoms with Crippen molar-refractivity contribution in [2.45, 2.75) is 4.90 Å². The fraction of sp³-hybridized carbons (Fsp3) is 0.100. The van der Waals surface area contributed by atoms with Crippen molar-refractivity contribution in [3.63, 3.8) is 0 Å². The molecular weight excluding hydrogens is 198 g/mol. The highest BCUT2D eigenvalue weighted by Crippen LogP contribution is 2.18. The van der Waals surface area contributed by atoms with E-state index in [1.54, 1.807) is 17.8 Å². The minimum atomic E-state index is -0.914. The first-order chi connectivity index (χ1) is 6.68. The molecule has 14 heavy (non-hydrogen) atoms. The van der Waals surface area contributed by atoms with Gasteiger partial charge >= 0.3 is 5.97 Å². The Hall–Kier alpha value is -1.42. The fourth-order valence-electron chi connectivity index (χ4n) is 0.857. The van der Waals surface area contributed by atoms with Crippen LogP contribution >= 0.6 is 11.8 Å². The van der Waals surface area contributed by atoms with Crippen LogP contribution in [-0.4, -0.2) is 16.8 Å². The van der Waals surface area contributed by atoms with Crippen LogP contribution in [0.5, 0.6) is 0 Å². The number of hydrogen-bond donors (Lipinski definition) is 2. The van der Waals surface area contributed by atoms with E-state index in [1.807, 2.05) is 24.3 Å². The largest absolute Gasteiger partial charge is 0.478 e. The van der Waals surface area contributed by atoms with Crippen LogP contribution in [-0.2, 0) is 4.79 Å². The van der Waals surface area contributed by atoms with Gasteiger partial charge < -0.3 is 10.8 Å². The van der Waals surface area contributed by atoms with Crippen LogP contribution in [0.15, 0.2) is 41.3 Å². The van der Waals surface area contributed by atoms with E-state index in [0.29, 0.717) is 5.75 Å². The maximum atomic E-state index is 10.1. The lowest BCUT2D eigenvalue weighted by Crippen LogP contribution is -1.86. The van der Waals surface area contributed by atoms with Crippen molar-refractivity contribution in [1.29, 1.82) is 0 Å². The number of aliphatic carboxylic acids is 1. The molecule has 3 nitrogen and oxygen atoms in total. The second-order valence-corrected chi connectivity index (χ2v) is 3.71. The van der Waals surface area contributed by atoms with Gasteiger partial charge in [-0.15, -0.1) is 11.8 Å². The first kappa shape index (κ1) is 10.7. The number of benzene rings is 1. The Labute approximate surface area is 86.6 Å². The van der Waals surface area contributed by atoms with Gasteiger partial charge in [-0.1, -0.05) is 6.08 Å². The summed E-state index contributed by atoms with van der Waals surface area (Å²) < 4.78 is 0. The average Bonchev–Trinajstić information content (AvgIpc) is 2.15. The van der Waals surface area contributed by atoms with Crippen LogP contribution in [0.2, 0.25) is 0 Å². The van der Waals surface area contributed by atoms with Crippen LogP contribution < -0.4 is 5.73 Å². The molecule has 0 fully saturated rings. The van der Waals surface area contributed by atoms with E-state index in [1.165, 1.54) is 0 Å². The molecule has 0 saturated heterocycles. The summed E-state index contributed by atoms with van der Waals surface area (Å²) in [7, 11) is 0. The number of carboxylic acids is 1.